The summed E-state index contributed by atoms with van der Waals surface area (Å²) in [5, 5.41) is 8.89. The Labute approximate surface area is 105 Å². The maximum absolute atomic E-state index is 8.89. The van der Waals surface area contributed by atoms with Crippen LogP contribution in [-0.4, -0.2) is 30.1 Å². The van der Waals surface area contributed by atoms with Gasteiger partial charge in [-0.1, -0.05) is 6.92 Å². The molecule has 2 aliphatic rings. The van der Waals surface area contributed by atoms with Crippen molar-refractivity contribution in [2.45, 2.75) is 64.0 Å². The van der Waals surface area contributed by atoms with Crippen LogP contribution in [-0.2, 0) is 0 Å². The summed E-state index contributed by atoms with van der Waals surface area (Å²) in [6.07, 6.45) is 8.09. The fraction of sp³-hybridized carbons (Fsp3) is 0.929. The van der Waals surface area contributed by atoms with E-state index in [0.717, 1.165) is 25.6 Å². The smallest absolute Gasteiger partial charge is 0.0628 e. The molecule has 0 radical (unpaired) electrons. The molecule has 0 unspecified atom stereocenters. The van der Waals surface area contributed by atoms with Crippen LogP contribution in [0.15, 0.2) is 0 Å². The first-order valence-corrected chi connectivity index (χ1v) is 7.06. The number of rotatable bonds is 5. The molecule has 96 valence electrons. The summed E-state index contributed by atoms with van der Waals surface area (Å²) in [5.41, 5.74) is 6.32. The Morgan fingerprint density at radius 3 is 2.41 bits per heavy atom. The highest BCUT2D eigenvalue weighted by atomic mass is 15.2. The molecular formula is C14H25N3. The van der Waals surface area contributed by atoms with E-state index in [9.17, 15) is 0 Å². The van der Waals surface area contributed by atoms with Crippen molar-refractivity contribution in [3.63, 3.8) is 0 Å². The molecule has 0 heterocycles. The summed E-state index contributed by atoms with van der Waals surface area (Å²) in [5.74, 6) is 0. The topological polar surface area (TPSA) is 53.0 Å². The Bertz CT molecular complexity index is 282. The number of hydrogen-bond acceptors (Lipinski definition) is 3. The summed E-state index contributed by atoms with van der Waals surface area (Å²) in [6, 6.07) is 3.51. The van der Waals surface area contributed by atoms with Crippen molar-refractivity contribution in [1.82, 2.24) is 4.90 Å². The lowest BCUT2D eigenvalue weighted by Crippen LogP contribution is -2.43. The molecule has 0 amide bonds. The predicted octanol–water partition coefficient (Wildman–Crippen LogP) is 2.27. The summed E-state index contributed by atoms with van der Waals surface area (Å²) >= 11 is 0. The number of nitrogens with two attached hydrogens (primary N) is 1. The average molecular weight is 235 g/mol. The summed E-state index contributed by atoms with van der Waals surface area (Å²) in [7, 11) is 0. The van der Waals surface area contributed by atoms with Crippen LogP contribution in [0.25, 0.3) is 0 Å². The third-order valence-electron chi connectivity index (χ3n) is 4.61. The van der Waals surface area contributed by atoms with Gasteiger partial charge in [0, 0.05) is 25.0 Å². The van der Waals surface area contributed by atoms with E-state index >= 15 is 0 Å². The van der Waals surface area contributed by atoms with E-state index in [1.165, 1.54) is 38.5 Å². The largest absolute Gasteiger partial charge is 0.328 e. The van der Waals surface area contributed by atoms with E-state index < -0.39 is 0 Å². The van der Waals surface area contributed by atoms with E-state index in [2.05, 4.69) is 17.9 Å². The van der Waals surface area contributed by atoms with E-state index in [0.29, 0.717) is 11.5 Å². The molecule has 0 bridgehead atoms. The van der Waals surface area contributed by atoms with E-state index in [4.69, 9.17) is 11.0 Å². The zero-order valence-electron chi connectivity index (χ0n) is 11.0. The van der Waals surface area contributed by atoms with Crippen LogP contribution in [0.2, 0.25) is 0 Å². The fourth-order valence-corrected chi connectivity index (χ4v) is 3.13. The quantitative estimate of drug-likeness (QED) is 0.795. The molecule has 0 aromatic rings. The minimum Gasteiger partial charge on any atom is -0.328 e. The van der Waals surface area contributed by atoms with E-state index in [1.54, 1.807) is 0 Å². The molecule has 0 spiro atoms. The molecule has 0 aliphatic heterocycles. The second-order valence-corrected chi connectivity index (χ2v) is 5.97. The van der Waals surface area contributed by atoms with Gasteiger partial charge in [0.2, 0.25) is 0 Å². The van der Waals surface area contributed by atoms with Gasteiger partial charge in [-0.05, 0) is 50.5 Å². The minimum atomic E-state index is 0.352. The molecule has 0 aromatic heterocycles. The van der Waals surface area contributed by atoms with E-state index in [-0.39, 0.29) is 0 Å². The SMILES string of the molecule is CCN(CC1(CC#N)CC1)C1CCC(N)CC1. The van der Waals surface area contributed by atoms with Crippen molar-refractivity contribution in [1.29, 1.82) is 5.26 Å². The predicted molar refractivity (Wildman–Crippen MR) is 69.4 cm³/mol. The molecule has 2 rings (SSSR count). The minimum absolute atomic E-state index is 0.352. The van der Waals surface area contributed by atoms with Crippen LogP contribution >= 0.6 is 0 Å². The highest BCUT2D eigenvalue weighted by Gasteiger charge is 2.44. The maximum atomic E-state index is 8.89. The lowest BCUT2D eigenvalue weighted by molar-refractivity contribution is 0.129. The Morgan fingerprint density at radius 2 is 1.94 bits per heavy atom. The molecule has 2 fully saturated rings. The van der Waals surface area contributed by atoms with Gasteiger partial charge in [0.05, 0.1) is 6.07 Å². The molecule has 2 aliphatic carbocycles. The molecule has 17 heavy (non-hydrogen) atoms. The van der Waals surface area contributed by atoms with Gasteiger partial charge >= 0.3 is 0 Å². The molecule has 2 N–H and O–H groups in total. The van der Waals surface area contributed by atoms with Gasteiger partial charge in [-0.15, -0.1) is 0 Å². The Morgan fingerprint density at radius 1 is 1.29 bits per heavy atom. The van der Waals surface area contributed by atoms with Gasteiger partial charge in [-0.3, -0.25) is 0 Å². The van der Waals surface area contributed by atoms with Crippen molar-refractivity contribution in [3.05, 3.63) is 0 Å². The maximum Gasteiger partial charge on any atom is 0.0628 e. The van der Waals surface area contributed by atoms with Crippen molar-refractivity contribution < 1.29 is 0 Å². The van der Waals surface area contributed by atoms with Crippen molar-refractivity contribution >= 4 is 0 Å². The van der Waals surface area contributed by atoms with Gasteiger partial charge in [0.25, 0.3) is 0 Å². The van der Waals surface area contributed by atoms with Crippen LogP contribution in [0.1, 0.15) is 51.9 Å². The second-order valence-electron chi connectivity index (χ2n) is 5.97. The summed E-state index contributed by atoms with van der Waals surface area (Å²) in [6.45, 7) is 4.50. The highest BCUT2D eigenvalue weighted by Crippen LogP contribution is 2.49. The Balaban J connectivity index is 1.86. The van der Waals surface area contributed by atoms with Crippen molar-refractivity contribution in [3.8, 4) is 6.07 Å². The standard InChI is InChI=1S/C14H25N3/c1-2-17(11-14(7-8-14)9-10-15)13-5-3-12(16)4-6-13/h12-13H,2-9,11,16H2,1H3. The van der Waals surface area contributed by atoms with Gasteiger partial charge in [-0.2, -0.15) is 5.26 Å². The molecular weight excluding hydrogens is 210 g/mol. The van der Waals surface area contributed by atoms with Gasteiger partial charge < -0.3 is 10.6 Å². The zero-order chi connectivity index (χ0) is 12.3. The van der Waals surface area contributed by atoms with Crippen molar-refractivity contribution in [2.24, 2.45) is 11.1 Å². The molecule has 3 heteroatoms. The molecule has 0 atom stereocenters. The second kappa shape index (κ2) is 5.37. The third kappa shape index (κ3) is 3.20. The van der Waals surface area contributed by atoms with Gasteiger partial charge in [0.15, 0.2) is 0 Å². The van der Waals surface area contributed by atoms with Crippen LogP contribution in [0.4, 0.5) is 0 Å². The number of nitriles is 1. The number of hydrogen-bond donors (Lipinski definition) is 1. The first-order chi connectivity index (χ1) is 8.19. The van der Waals surface area contributed by atoms with Gasteiger partial charge in [0.1, 0.15) is 0 Å². The third-order valence-corrected chi connectivity index (χ3v) is 4.61. The Hall–Kier alpha value is -0.590. The molecule has 0 saturated heterocycles. The summed E-state index contributed by atoms with van der Waals surface area (Å²) < 4.78 is 0. The zero-order valence-corrected chi connectivity index (χ0v) is 11.0. The monoisotopic (exact) mass is 235 g/mol. The average Bonchev–Trinajstić information content (AvgIpc) is 3.08. The first-order valence-electron chi connectivity index (χ1n) is 7.06. The van der Waals surface area contributed by atoms with E-state index in [1.807, 2.05) is 0 Å². The summed E-state index contributed by atoms with van der Waals surface area (Å²) in [4.78, 5) is 2.61. The molecule has 2 saturated carbocycles. The van der Waals surface area contributed by atoms with Crippen LogP contribution in [0.5, 0.6) is 0 Å². The van der Waals surface area contributed by atoms with Crippen molar-refractivity contribution in [2.75, 3.05) is 13.1 Å². The molecule has 0 aromatic carbocycles. The lowest BCUT2D eigenvalue weighted by Gasteiger charge is -2.37. The lowest BCUT2D eigenvalue weighted by atomic mass is 9.89. The normalized spacial score (nSPS) is 31.2. The van der Waals surface area contributed by atoms with Crippen LogP contribution < -0.4 is 5.73 Å². The fourth-order valence-electron chi connectivity index (χ4n) is 3.13. The highest BCUT2D eigenvalue weighted by molar-refractivity contribution is 5.02. The first kappa shape index (κ1) is 12.9. The Kier molecular flexibility index (Phi) is 4.06. The van der Waals surface area contributed by atoms with Gasteiger partial charge in [-0.25, -0.2) is 0 Å². The number of nitrogens with zero attached hydrogens (tertiary/aromatic N) is 2. The van der Waals surface area contributed by atoms with Crippen LogP contribution in [0, 0.1) is 16.7 Å². The molecule has 3 nitrogen and oxygen atoms in total. The van der Waals surface area contributed by atoms with Crippen LogP contribution in [0.3, 0.4) is 0 Å².